The molecule has 0 unspecified atom stereocenters. The Hall–Kier alpha value is -3.26. The maximum atomic E-state index is 13.1. The lowest BCUT2D eigenvalue weighted by Gasteiger charge is -2.29. The van der Waals surface area contributed by atoms with Crippen LogP contribution >= 0.6 is 35.4 Å². The number of hydrogen-bond donors (Lipinski definition) is 1. The van der Waals surface area contributed by atoms with Crippen molar-refractivity contribution in [1.82, 2.24) is 5.32 Å². The quantitative estimate of drug-likeness (QED) is 0.283. The highest BCUT2D eigenvalue weighted by Crippen LogP contribution is 2.34. The van der Waals surface area contributed by atoms with Gasteiger partial charge in [0.05, 0.1) is 15.7 Å². The van der Waals surface area contributed by atoms with Gasteiger partial charge >= 0.3 is 0 Å². The number of benzene rings is 3. The second-order valence-electron chi connectivity index (χ2n) is 7.01. The van der Waals surface area contributed by atoms with Gasteiger partial charge in [-0.2, -0.15) is 0 Å². The first-order valence-electron chi connectivity index (χ1n) is 9.66. The van der Waals surface area contributed by atoms with Crippen LogP contribution < -0.4 is 15.0 Å². The van der Waals surface area contributed by atoms with Crippen molar-refractivity contribution in [2.75, 3.05) is 4.90 Å². The van der Waals surface area contributed by atoms with E-state index in [-0.39, 0.29) is 38.8 Å². The number of rotatable bonds is 5. The molecule has 4 rings (SSSR count). The van der Waals surface area contributed by atoms with Crippen LogP contribution in [0.1, 0.15) is 11.1 Å². The minimum absolute atomic E-state index is 0.0872. The van der Waals surface area contributed by atoms with Gasteiger partial charge in [0.2, 0.25) is 0 Å². The zero-order valence-corrected chi connectivity index (χ0v) is 19.2. The van der Waals surface area contributed by atoms with Crippen LogP contribution in [0.4, 0.5) is 10.1 Å². The molecule has 0 aromatic heterocycles. The minimum atomic E-state index is -0.621. The summed E-state index contributed by atoms with van der Waals surface area (Å²) in [6.45, 7) is 0.272. The summed E-state index contributed by atoms with van der Waals surface area (Å²) in [6.07, 6.45) is 1.45. The number of nitrogens with zero attached hydrogens (tertiary/aromatic N) is 1. The summed E-state index contributed by atoms with van der Waals surface area (Å²) >= 11 is 17.5. The first kappa shape index (κ1) is 22.9. The van der Waals surface area contributed by atoms with Crippen molar-refractivity contribution in [3.8, 4) is 5.75 Å². The van der Waals surface area contributed by atoms with Crippen molar-refractivity contribution >= 4 is 64.1 Å². The van der Waals surface area contributed by atoms with Crippen LogP contribution in [0.25, 0.3) is 6.08 Å². The standard InChI is InChI=1S/C24H15Cl2FN2O3S/c25-19-2-1-3-20(21(19)26)29-23(31)18(22(30)28-24(29)33)12-14-6-10-17(11-7-14)32-13-15-4-8-16(27)9-5-15/h1-12H,13H2,(H,28,30,33)/b18-12+. The zero-order chi connectivity index (χ0) is 23.5. The van der Waals surface area contributed by atoms with Crippen molar-refractivity contribution in [3.05, 3.63) is 99.3 Å². The van der Waals surface area contributed by atoms with E-state index in [1.54, 1.807) is 54.6 Å². The van der Waals surface area contributed by atoms with E-state index >= 15 is 0 Å². The molecule has 33 heavy (non-hydrogen) atoms. The fourth-order valence-electron chi connectivity index (χ4n) is 3.12. The van der Waals surface area contributed by atoms with Crippen LogP contribution in [-0.2, 0) is 16.2 Å². The Morgan fingerprint density at radius 1 is 1.00 bits per heavy atom. The van der Waals surface area contributed by atoms with Gasteiger partial charge in [-0.05, 0) is 65.8 Å². The fraction of sp³-hybridized carbons (Fsp3) is 0.0417. The van der Waals surface area contributed by atoms with Crippen LogP contribution in [0.5, 0.6) is 5.75 Å². The highest BCUT2D eigenvalue weighted by Gasteiger charge is 2.35. The average molecular weight is 501 g/mol. The van der Waals surface area contributed by atoms with Gasteiger partial charge in [-0.3, -0.25) is 19.8 Å². The first-order chi connectivity index (χ1) is 15.8. The van der Waals surface area contributed by atoms with Gasteiger partial charge in [-0.25, -0.2) is 4.39 Å². The molecule has 5 nitrogen and oxygen atoms in total. The minimum Gasteiger partial charge on any atom is -0.489 e. The molecule has 0 atom stereocenters. The van der Waals surface area contributed by atoms with E-state index < -0.39 is 11.8 Å². The Morgan fingerprint density at radius 3 is 2.39 bits per heavy atom. The van der Waals surface area contributed by atoms with Crippen molar-refractivity contribution in [3.63, 3.8) is 0 Å². The molecule has 1 aliphatic heterocycles. The SMILES string of the molecule is O=C1NC(=S)N(c2cccc(Cl)c2Cl)C(=O)/C1=C/c1ccc(OCc2ccc(F)cc2)cc1. The molecule has 0 saturated carbocycles. The van der Waals surface area contributed by atoms with Crippen LogP contribution in [0, 0.1) is 5.82 Å². The topological polar surface area (TPSA) is 58.6 Å². The first-order valence-corrected chi connectivity index (χ1v) is 10.8. The molecule has 0 bridgehead atoms. The third-order valence-corrected chi connectivity index (χ3v) is 5.88. The van der Waals surface area contributed by atoms with E-state index in [0.29, 0.717) is 11.3 Å². The van der Waals surface area contributed by atoms with Crippen molar-refractivity contribution < 1.29 is 18.7 Å². The second kappa shape index (κ2) is 9.70. The molecule has 0 spiro atoms. The zero-order valence-electron chi connectivity index (χ0n) is 16.8. The normalized spacial score (nSPS) is 15.1. The third-order valence-electron chi connectivity index (χ3n) is 4.78. The largest absolute Gasteiger partial charge is 0.489 e. The predicted molar refractivity (Wildman–Crippen MR) is 130 cm³/mol. The second-order valence-corrected chi connectivity index (χ2v) is 8.19. The Morgan fingerprint density at radius 2 is 1.70 bits per heavy atom. The molecular formula is C24H15Cl2FN2O3S. The molecule has 0 radical (unpaired) electrons. The van der Waals surface area contributed by atoms with Crippen molar-refractivity contribution in [2.45, 2.75) is 6.61 Å². The van der Waals surface area contributed by atoms with Crippen LogP contribution in [0.15, 0.2) is 72.3 Å². The fourth-order valence-corrected chi connectivity index (χ4v) is 3.77. The summed E-state index contributed by atoms with van der Waals surface area (Å²) in [4.78, 5) is 26.7. The van der Waals surface area contributed by atoms with Gasteiger partial charge in [-0.1, -0.05) is 53.5 Å². The van der Waals surface area contributed by atoms with Gasteiger partial charge in [0.15, 0.2) is 5.11 Å². The molecule has 0 aliphatic carbocycles. The molecule has 1 fully saturated rings. The number of nitrogens with one attached hydrogen (secondary N) is 1. The Labute approximate surface area is 204 Å². The van der Waals surface area contributed by atoms with Crippen LogP contribution in [0.2, 0.25) is 10.0 Å². The number of halogens is 3. The smallest absolute Gasteiger partial charge is 0.270 e. The number of amides is 2. The van der Waals surface area contributed by atoms with E-state index in [1.165, 1.54) is 18.2 Å². The summed E-state index contributed by atoms with van der Waals surface area (Å²) in [7, 11) is 0. The average Bonchev–Trinajstić information content (AvgIpc) is 2.80. The maximum Gasteiger partial charge on any atom is 0.270 e. The molecule has 1 aliphatic rings. The molecule has 3 aromatic carbocycles. The lowest BCUT2D eigenvalue weighted by Crippen LogP contribution is -2.54. The molecular weight excluding hydrogens is 486 g/mol. The van der Waals surface area contributed by atoms with E-state index in [0.717, 1.165) is 10.5 Å². The third kappa shape index (κ3) is 5.06. The van der Waals surface area contributed by atoms with Gasteiger partial charge in [-0.15, -0.1) is 0 Å². The number of carbonyl (C=O) groups excluding carboxylic acids is 2. The highest BCUT2D eigenvalue weighted by atomic mass is 35.5. The molecule has 1 saturated heterocycles. The van der Waals surface area contributed by atoms with Gasteiger partial charge in [0.1, 0.15) is 23.7 Å². The van der Waals surface area contributed by atoms with Crippen LogP contribution in [-0.4, -0.2) is 16.9 Å². The molecule has 1 N–H and O–H groups in total. The molecule has 3 aromatic rings. The number of carbonyl (C=O) groups is 2. The Kier molecular flexibility index (Phi) is 6.74. The summed E-state index contributed by atoms with van der Waals surface area (Å²) < 4.78 is 18.7. The van der Waals surface area contributed by atoms with E-state index in [2.05, 4.69) is 5.32 Å². The van der Waals surface area contributed by atoms with Crippen molar-refractivity contribution in [1.29, 1.82) is 0 Å². The lowest BCUT2D eigenvalue weighted by molar-refractivity contribution is -0.122. The number of anilines is 1. The summed E-state index contributed by atoms with van der Waals surface area (Å²) in [6, 6.07) is 17.6. The van der Waals surface area contributed by atoms with Crippen LogP contribution in [0.3, 0.4) is 0 Å². The highest BCUT2D eigenvalue weighted by molar-refractivity contribution is 7.80. The monoisotopic (exact) mass is 500 g/mol. The molecule has 1 heterocycles. The molecule has 166 valence electrons. The lowest BCUT2D eigenvalue weighted by atomic mass is 10.1. The van der Waals surface area contributed by atoms with E-state index in [4.69, 9.17) is 40.2 Å². The Balaban J connectivity index is 1.54. The van der Waals surface area contributed by atoms with Gasteiger partial charge < -0.3 is 4.74 Å². The summed E-state index contributed by atoms with van der Waals surface area (Å²) in [5, 5.41) is 2.82. The van der Waals surface area contributed by atoms with Gasteiger partial charge in [0.25, 0.3) is 11.8 Å². The van der Waals surface area contributed by atoms with Crippen molar-refractivity contribution in [2.24, 2.45) is 0 Å². The summed E-state index contributed by atoms with van der Waals surface area (Å²) in [5.74, 6) is -0.968. The number of thiocarbonyl (C=S) groups is 1. The summed E-state index contributed by atoms with van der Waals surface area (Å²) in [5.41, 5.74) is 1.59. The van der Waals surface area contributed by atoms with Gasteiger partial charge in [0, 0.05) is 0 Å². The number of ether oxygens (including phenoxy) is 1. The van der Waals surface area contributed by atoms with E-state index in [1.807, 2.05) is 0 Å². The molecule has 2 amide bonds. The predicted octanol–water partition coefficient (Wildman–Crippen LogP) is 5.54. The molecule has 9 heteroatoms. The maximum absolute atomic E-state index is 13.1. The number of hydrogen-bond acceptors (Lipinski definition) is 4. The Bertz CT molecular complexity index is 1280. The van der Waals surface area contributed by atoms with E-state index in [9.17, 15) is 14.0 Å².